The van der Waals surface area contributed by atoms with E-state index in [2.05, 4.69) is 0 Å². The summed E-state index contributed by atoms with van der Waals surface area (Å²) in [7, 11) is 0. The number of carboxylic acid groups (broad SMARTS) is 6. The lowest BCUT2D eigenvalue weighted by Gasteiger charge is -2.33. The summed E-state index contributed by atoms with van der Waals surface area (Å²) in [4.78, 5) is 67.8. The highest BCUT2D eigenvalue weighted by atomic mass is 16.4. The van der Waals surface area contributed by atoms with Gasteiger partial charge in [-0.2, -0.15) is 0 Å². The SMILES string of the molecule is O=C(O)C1=CC(C(=O)O)(C(=O)O)C(C(=O)O)C(C(=O)O)=C1C(=O)O. The minimum absolute atomic E-state index is 0.0886. The highest BCUT2D eigenvalue weighted by Crippen LogP contribution is 2.44. The first kappa shape index (κ1) is 18.3. The van der Waals surface area contributed by atoms with Crippen LogP contribution >= 0.6 is 0 Å². The molecule has 12 heteroatoms. The van der Waals surface area contributed by atoms with Crippen molar-refractivity contribution in [2.75, 3.05) is 0 Å². The molecule has 0 fully saturated rings. The predicted molar refractivity (Wildman–Crippen MR) is 66.8 cm³/mol. The van der Waals surface area contributed by atoms with E-state index in [1.165, 1.54) is 0 Å². The zero-order chi connectivity index (χ0) is 19.0. The summed E-state index contributed by atoms with van der Waals surface area (Å²) < 4.78 is 0. The first-order chi connectivity index (χ1) is 10.9. The fourth-order valence-corrected chi connectivity index (χ4v) is 2.31. The molecule has 0 saturated carbocycles. The highest BCUT2D eigenvalue weighted by Gasteiger charge is 2.61. The van der Waals surface area contributed by atoms with Crippen molar-refractivity contribution < 1.29 is 59.4 Å². The van der Waals surface area contributed by atoms with Gasteiger partial charge in [0.1, 0.15) is 5.92 Å². The molecular formula is C12H8O12. The second-order valence-corrected chi connectivity index (χ2v) is 4.51. The summed E-state index contributed by atoms with van der Waals surface area (Å²) in [5, 5.41) is 54.5. The molecule has 0 heterocycles. The average Bonchev–Trinajstić information content (AvgIpc) is 2.43. The van der Waals surface area contributed by atoms with Crippen molar-refractivity contribution in [3.05, 3.63) is 22.8 Å². The van der Waals surface area contributed by atoms with E-state index in [1.54, 1.807) is 0 Å². The number of hydrogen-bond acceptors (Lipinski definition) is 6. The fraction of sp³-hybridized carbons (Fsp3) is 0.167. The third-order valence-corrected chi connectivity index (χ3v) is 3.28. The van der Waals surface area contributed by atoms with Gasteiger partial charge in [-0.15, -0.1) is 0 Å². The molecule has 0 spiro atoms. The first-order valence-corrected chi connectivity index (χ1v) is 5.76. The summed E-state index contributed by atoms with van der Waals surface area (Å²) >= 11 is 0. The van der Waals surface area contributed by atoms with Gasteiger partial charge in [0.25, 0.3) is 0 Å². The van der Waals surface area contributed by atoms with Crippen molar-refractivity contribution in [2.24, 2.45) is 11.3 Å². The standard InChI is InChI=1S/C12H8O12/c13-6(14)2-1-12(10(21)22,11(23)24)5(9(19)20)4(8(17)18)3(2)7(15)16/h1,5H,(H,13,14)(H,15,16)(H,17,18)(H,19,20)(H,21,22)(H,23,24). The molecule has 0 aromatic rings. The molecule has 0 bridgehead atoms. The molecule has 0 radical (unpaired) electrons. The fourth-order valence-electron chi connectivity index (χ4n) is 2.31. The maximum atomic E-state index is 11.4. The van der Waals surface area contributed by atoms with E-state index in [4.69, 9.17) is 30.6 Å². The molecule has 0 saturated heterocycles. The van der Waals surface area contributed by atoms with Crippen molar-refractivity contribution in [3.63, 3.8) is 0 Å². The molecule has 1 rings (SSSR count). The van der Waals surface area contributed by atoms with E-state index in [1.807, 2.05) is 0 Å². The Kier molecular flexibility index (Phi) is 4.46. The summed E-state index contributed by atoms with van der Waals surface area (Å²) in [5.74, 6) is -16.5. The molecule has 0 aromatic carbocycles. The molecule has 0 aromatic heterocycles. The quantitative estimate of drug-likeness (QED) is 0.297. The van der Waals surface area contributed by atoms with Crippen molar-refractivity contribution in [1.29, 1.82) is 0 Å². The Labute approximate surface area is 130 Å². The van der Waals surface area contributed by atoms with E-state index in [9.17, 15) is 28.8 Å². The van der Waals surface area contributed by atoms with Crippen molar-refractivity contribution >= 4 is 35.8 Å². The Morgan fingerprint density at radius 2 is 1.21 bits per heavy atom. The van der Waals surface area contributed by atoms with Gasteiger partial charge in [-0.1, -0.05) is 0 Å². The summed E-state index contributed by atoms with van der Waals surface area (Å²) in [6.45, 7) is 0. The summed E-state index contributed by atoms with van der Waals surface area (Å²) in [6.07, 6.45) is -0.0886. The Balaban J connectivity index is 4.13. The van der Waals surface area contributed by atoms with Gasteiger partial charge in [-0.3, -0.25) is 14.4 Å². The molecule has 1 unspecified atom stereocenters. The van der Waals surface area contributed by atoms with Gasteiger partial charge in [-0.25, -0.2) is 14.4 Å². The molecule has 12 nitrogen and oxygen atoms in total. The zero-order valence-corrected chi connectivity index (χ0v) is 11.3. The number of carbonyl (C=O) groups is 6. The number of rotatable bonds is 6. The van der Waals surface area contributed by atoms with Gasteiger partial charge in [0.05, 0.1) is 16.7 Å². The number of hydrogen-bond donors (Lipinski definition) is 6. The molecule has 128 valence electrons. The van der Waals surface area contributed by atoms with Crippen LogP contribution in [0.5, 0.6) is 0 Å². The van der Waals surface area contributed by atoms with Gasteiger partial charge in [0.2, 0.25) is 5.41 Å². The van der Waals surface area contributed by atoms with Crippen LogP contribution in [-0.2, 0) is 28.8 Å². The van der Waals surface area contributed by atoms with Crippen LogP contribution in [0.3, 0.4) is 0 Å². The van der Waals surface area contributed by atoms with Crippen LogP contribution in [0.15, 0.2) is 22.8 Å². The normalized spacial score (nSPS) is 19.2. The second-order valence-electron chi connectivity index (χ2n) is 4.51. The van der Waals surface area contributed by atoms with Crippen molar-refractivity contribution in [1.82, 2.24) is 0 Å². The van der Waals surface area contributed by atoms with Gasteiger partial charge in [0.15, 0.2) is 0 Å². The van der Waals surface area contributed by atoms with E-state index in [-0.39, 0.29) is 6.08 Å². The predicted octanol–water partition coefficient (Wildman–Crippen LogP) is -1.67. The molecule has 1 aliphatic rings. The Hall–Kier alpha value is -3.70. The lowest BCUT2D eigenvalue weighted by atomic mass is 9.65. The molecule has 1 aliphatic carbocycles. The van der Waals surface area contributed by atoms with Crippen LogP contribution in [0.25, 0.3) is 0 Å². The minimum Gasteiger partial charge on any atom is -0.481 e. The smallest absolute Gasteiger partial charge is 0.337 e. The van der Waals surface area contributed by atoms with Crippen LogP contribution in [0.1, 0.15) is 0 Å². The van der Waals surface area contributed by atoms with E-state index >= 15 is 0 Å². The van der Waals surface area contributed by atoms with Gasteiger partial charge < -0.3 is 30.6 Å². The first-order valence-electron chi connectivity index (χ1n) is 5.76. The molecule has 6 N–H and O–H groups in total. The number of carboxylic acids is 6. The zero-order valence-electron chi connectivity index (χ0n) is 11.3. The maximum Gasteiger partial charge on any atom is 0.337 e. The molecule has 1 atom stereocenters. The van der Waals surface area contributed by atoms with Crippen molar-refractivity contribution in [2.45, 2.75) is 0 Å². The van der Waals surface area contributed by atoms with E-state index in [0.717, 1.165) is 0 Å². The topological polar surface area (TPSA) is 224 Å². The Morgan fingerprint density at radius 1 is 0.750 bits per heavy atom. The van der Waals surface area contributed by atoms with Crippen LogP contribution in [-0.4, -0.2) is 66.5 Å². The van der Waals surface area contributed by atoms with E-state index in [0.29, 0.717) is 0 Å². The summed E-state index contributed by atoms with van der Waals surface area (Å²) in [6, 6.07) is 0. The Morgan fingerprint density at radius 3 is 1.46 bits per heavy atom. The highest BCUT2D eigenvalue weighted by molar-refractivity contribution is 6.18. The third-order valence-electron chi connectivity index (χ3n) is 3.28. The van der Waals surface area contributed by atoms with Gasteiger partial charge in [-0.05, 0) is 6.08 Å². The average molecular weight is 344 g/mol. The third kappa shape index (κ3) is 2.45. The second kappa shape index (κ2) is 5.83. The lowest BCUT2D eigenvalue weighted by Crippen LogP contribution is -2.52. The number of aliphatic carboxylic acids is 6. The molecule has 24 heavy (non-hydrogen) atoms. The lowest BCUT2D eigenvalue weighted by molar-refractivity contribution is -0.170. The monoisotopic (exact) mass is 344 g/mol. The van der Waals surface area contributed by atoms with Gasteiger partial charge in [0, 0.05) is 0 Å². The summed E-state index contributed by atoms with van der Waals surface area (Å²) in [5.41, 5.74) is -8.16. The Bertz CT molecular complexity index is 738. The van der Waals surface area contributed by atoms with Crippen LogP contribution in [0.4, 0.5) is 0 Å². The largest absolute Gasteiger partial charge is 0.481 e. The molecule has 0 aliphatic heterocycles. The molecule has 0 amide bonds. The van der Waals surface area contributed by atoms with Gasteiger partial charge >= 0.3 is 35.8 Å². The minimum atomic E-state index is -3.52. The molecular weight excluding hydrogens is 336 g/mol. The maximum absolute atomic E-state index is 11.4. The van der Waals surface area contributed by atoms with Crippen LogP contribution in [0.2, 0.25) is 0 Å². The van der Waals surface area contributed by atoms with Crippen LogP contribution in [0, 0.1) is 11.3 Å². The van der Waals surface area contributed by atoms with E-state index < -0.39 is 63.9 Å². The van der Waals surface area contributed by atoms with Crippen LogP contribution < -0.4 is 0 Å². The van der Waals surface area contributed by atoms with Crippen molar-refractivity contribution in [3.8, 4) is 0 Å².